The average Bonchev–Trinajstić information content (AvgIpc) is 3.16. The van der Waals surface area contributed by atoms with E-state index in [-0.39, 0.29) is 0 Å². The molecule has 0 radical (unpaired) electrons. The van der Waals surface area contributed by atoms with Crippen LogP contribution in [0.3, 0.4) is 0 Å². The Morgan fingerprint density at radius 1 is 1.36 bits per heavy atom. The fourth-order valence-corrected chi connectivity index (χ4v) is 4.25. The summed E-state index contributed by atoms with van der Waals surface area (Å²) >= 11 is 5.32. The molecule has 0 aliphatic carbocycles. The molecule has 0 unspecified atom stereocenters. The molecule has 2 aromatic heterocycles. The third-order valence-corrected chi connectivity index (χ3v) is 5.82. The van der Waals surface area contributed by atoms with E-state index in [0.29, 0.717) is 0 Å². The number of guanidine groups is 1. The summed E-state index contributed by atoms with van der Waals surface area (Å²) in [5.41, 5.74) is 0. The van der Waals surface area contributed by atoms with E-state index in [2.05, 4.69) is 46.6 Å². The molecule has 120 valence electrons. The molecule has 2 aromatic rings. The number of aromatic nitrogens is 1. The highest BCUT2D eigenvalue weighted by Crippen LogP contribution is 2.20. The van der Waals surface area contributed by atoms with Gasteiger partial charge in [-0.15, -0.1) is 22.7 Å². The zero-order chi connectivity index (χ0) is 15.6. The van der Waals surface area contributed by atoms with E-state index < -0.39 is 0 Å². The van der Waals surface area contributed by atoms with Gasteiger partial charge >= 0.3 is 0 Å². The van der Waals surface area contributed by atoms with E-state index >= 15 is 0 Å². The van der Waals surface area contributed by atoms with Crippen LogP contribution in [0.1, 0.15) is 23.1 Å². The first-order valence-electron chi connectivity index (χ1n) is 7.37. The maximum atomic E-state index is 4.63. The smallest absolute Gasteiger partial charge is 0.191 e. The fourth-order valence-electron chi connectivity index (χ4n) is 1.79. The van der Waals surface area contributed by atoms with Crippen molar-refractivity contribution in [2.75, 3.05) is 18.8 Å². The normalized spacial score (nSPS) is 11.6. The van der Waals surface area contributed by atoms with Crippen molar-refractivity contribution >= 4 is 40.4 Å². The van der Waals surface area contributed by atoms with E-state index in [9.17, 15) is 0 Å². The van der Waals surface area contributed by atoms with Gasteiger partial charge in [0.2, 0.25) is 0 Å². The lowest BCUT2D eigenvalue weighted by molar-refractivity contribution is 0.790. The highest BCUT2D eigenvalue weighted by atomic mass is 32.2. The first-order chi connectivity index (χ1) is 10.8. The van der Waals surface area contributed by atoms with Crippen LogP contribution in [0.25, 0.3) is 0 Å². The lowest BCUT2D eigenvalue weighted by Gasteiger charge is -2.10. The molecule has 0 aliphatic heterocycles. The summed E-state index contributed by atoms with van der Waals surface area (Å²) in [7, 11) is 0. The number of thioether (sulfide) groups is 1. The second-order valence-electron chi connectivity index (χ2n) is 4.63. The zero-order valence-corrected chi connectivity index (χ0v) is 15.4. The molecule has 2 N–H and O–H groups in total. The highest BCUT2D eigenvalue weighted by molar-refractivity contribution is 8.00. The van der Waals surface area contributed by atoms with Gasteiger partial charge in [-0.05, 0) is 32.4 Å². The minimum absolute atomic E-state index is 0.738. The minimum atomic E-state index is 0.738. The van der Waals surface area contributed by atoms with Gasteiger partial charge in [0, 0.05) is 40.2 Å². The topological polar surface area (TPSA) is 49.3 Å². The number of aliphatic imine (C=N–C) groups is 1. The van der Waals surface area contributed by atoms with Crippen molar-refractivity contribution in [2.45, 2.75) is 31.2 Å². The maximum Gasteiger partial charge on any atom is 0.191 e. The average molecular weight is 355 g/mol. The fraction of sp³-hybridized carbons (Fsp3) is 0.467. The number of nitrogens with zero attached hydrogens (tertiary/aromatic N) is 2. The number of thiophene rings is 1. The Kier molecular flexibility index (Phi) is 7.76. The first kappa shape index (κ1) is 17.3. The van der Waals surface area contributed by atoms with Gasteiger partial charge in [0.15, 0.2) is 5.96 Å². The number of thiazole rings is 1. The number of hydrogen-bond donors (Lipinski definition) is 2. The number of aryl methyl sites for hydroxylation is 1. The molecule has 22 heavy (non-hydrogen) atoms. The van der Waals surface area contributed by atoms with Crippen molar-refractivity contribution in [1.29, 1.82) is 0 Å². The van der Waals surface area contributed by atoms with Crippen LogP contribution < -0.4 is 10.6 Å². The van der Waals surface area contributed by atoms with Crippen molar-refractivity contribution in [3.05, 3.63) is 33.5 Å². The molecule has 0 spiro atoms. The third-order valence-electron chi connectivity index (χ3n) is 2.78. The van der Waals surface area contributed by atoms with Crippen molar-refractivity contribution in [3.8, 4) is 0 Å². The largest absolute Gasteiger partial charge is 0.357 e. The molecule has 7 heteroatoms. The van der Waals surface area contributed by atoms with Crippen LogP contribution in [-0.2, 0) is 6.54 Å². The van der Waals surface area contributed by atoms with E-state index in [0.717, 1.165) is 42.1 Å². The molecule has 0 amide bonds. The van der Waals surface area contributed by atoms with Crippen LogP contribution in [0, 0.1) is 6.92 Å². The van der Waals surface area contributed by atoms with E-state index in [4.69, 9.17) is 0 Å². The van der Waals surface area contributed by atoms with Crippen LogP contribution in [0.4, 0.5) is 0 Å². The Morgan fingerprint density at radius 3 is 2.95 bits per heavy atom. The summed E-state index contributed by atoms with van der Waals surface area (Å²) in [5, 5.41) is 8.70. The summed E-state index contributed by atoms with van der Waals surface area (Å²) in [5.74, 6) is 1.97. The molecule has 0 fully saturated rings. The summed E-state index contributed by atoms with van der Waals surface area (Å²) in [6.07, 6.45) is 2.94. The van der Waals surface area contributed by atoms with E-state index in [1.807, 2.05) is 23.3 Å². The Bertz CT molecular complexity index is 563. The van der Waals surface area contributed by atoms with Crippen LogP contribution in [0.15, 0.2) is 33.0 Å². The summed E-state index contributed by atoms with van der Waals surface area (Å²) in [4.78, 5) is 11.5. The van der Waals surface area contributed by atoms with E-state index in [1.165, 1.54) is 9.75 Å². The third kappa shape index (κ3) is 6.37. The summed E-state index contributed by atoms with van der Waals surface area (Å²) in [6, 6.07) is 4.30. The summed E-state index contributed by atoms with van der Waals surface area (Å²) in [6.45, 7) is 6.75. The molecule has 0 bridgehead atoms. The Labute approximate surface area is 144 Å². The molecule has 0 aromatic carbocycles. The standard InChI is InChI=1S/C15H22N4S3/c1-3-16-14(19-11-13-6-5-12(2)22-13)17-7-4-9-20-15-18-8-10-21-15/h5-6,8,10H,3-4,7,9,11H2,1-2H3,(H2,16,17,19). The SMILES string of the molecule is CCNC(=NCc1ccc(C)s1)NCCCSc1nccs1. The quantitative estimate of drug-likeness (QED) is 0.328. The van der Waals surface area contributed by atoms with Gasteiger partial charge < -0.3 is 10.6 Å². The molecule has 0 aliphatic rings. The lowest BCUT2D eigenvalue weighted by atomic mass is 10.4. The molecule has 0 atom stereocenters. The van der Waals surface area contributed by atoms with Crippen molar-refractivity contribution in [2.24, 2.45) is 4.99 Å². The molecule has 2 rings (SSSR count). The van der Waals surface area contributed by atoms with Gasteiger partial charge in [0.05, 0.1) is 6.54 Å². The maximum absolute atomic E-state index is 4.63. The Morgan fingerprint density at radius 2 is 2.27 bits per heavy atom. The number of nitrogens with one attached hydrogen (secondary N) is 2. The predicted octanol–water partition coefficient (Wildman–Crippen LogP) is 3.75. The van der Waals surface area contributed by atoms with Crippen LogP contribution >= 0.6 is 34.4 Å². The minimum Gasteiger partial charge on any atom is -0.357 e. The molecule has 0 saturated heterocycles. The molecule has 2 heterocycles. The van der Waals surface area contributed by atoms with Crippen LogP contribution in [0.5, 0.6) is 0 Å². The van der Waals surface area contributed by atoms with Gasteiger partial charge in [-0.1, -0.05) is 11.8 Å². The number of rotatable bonds is 8. The Hall–Kier alpha value is -1.05. The van der Waals surface area contributed by atoms with E-state index in [1.54, 1.807) is 22.7 Å². The monoisotopic (exact) mass is 354 g/mol. The van der Waals surface area contributed by atoms with Crippen molar-refractivity contribution in [3.63, 3.8) is 0 Å². The van der Waals surface area contributed by atoms with Gasteiger partial charge in [0.25, 0.3) is 0 Å². The second-order valence-corrected chi connectivity index (χ2v) is 8.24. The molecule has 0 saturated carbocycles. The van der Waals surface area contributed by atoms with Crippen LogP contribution in [0.2, 0.25) is 0 Å². The predicted molar refractivity (Wildman–Crippen MR) is 99.3 cm³/mol. The van der Waals surface area contributed by atoms with Crippen LogP contribution in [-0.4, -0.2) is 29.8 Å². The van der Waals surface area contributed by atoms with Crippen molar-refractivity contribution < 1.29 is 0 Å². The van der Waals surface area contributed by atoms with Gasteiger partial charge in [-0.3, -0.25) is 0 Å². The van der Waals surface area contributed by atoms with Gasteiger partial charge in [0.1, 0.15) is 4.34 Å². The first-order valence-corrected chi connectivity index (χ1v) is 10.1. The van der Waals surface area contributed by atoms with Crippen molar-refractivity contribution in [1.82, 2.24) is 15.6 Å². The molecular weight excluding hydrogens is 332 g/mol. The lowest BCUT2D eigenvalue weighted by Crippen LogP contribution is -2.37. The Balaban J connectivity index is 1.69. The molecular formula is C15H22N4S3. The van der Waals surface area contributed by atoms with Gasteiger partial charge in [-0.25, -0.2) is 9.98 Å². The summed E-state index contributed by atoms with van der Waals surface area (Å²) < 4.78 is 1.15. The molecule has 4 nitrogen and oxygen atoms in total. The highest BCUT2D eigenvalue weighted by Gasteiger charge is 2.00. The zero-order valence-electron chi connectivity index (χ0n) is 13.0. The number of hydrogen-bond acceptors (Lipinski definition) is 5. The van der Waals surface area contributed by atoms with Gasteiger partial charge in [-0.2, -0.15) is 0 Å². The second kappa shape index (κ2) is 9.86.